The van der Waals surface area contributed by atoms with Gasteiger partial charge in [0.25, 0.3) is 17.1 Å². The van der Waals surface area contributed by atoms with Crippen LogP contribution in [0.1, 0.15) is 117 Å². The van der Waals surface area contributed by atoms with Crippen LogP contribution in [0.5, 0.6) is 23.0 Å². The molecule has 8 rings (SSSR count). The molecule has 0 unspecified atom stereocenters. The minimum atomic E-state index is -0.407. The number of likely N-dealkylation sites (tertiary alicyclic amines) is 2. The summed E-state index contributed by atoms with van der Waals surface area (Å²) in [5.74, 6) is -0.120. The first-order chi connectivity index (χ1) is 33.0. The van der Waals surface area contributed by atoms with E-state index in [1.165, 1.54) is 37.1 Å². The standard InChI is InChI=1S/C20H21NO4.C13H17NO2.C7H5ClO.C7H6O3.C6H13NO.CH4.ClH/c22-13-17-18(23)10-6-11-19(17)25-14-16-9-4-5-12-21(16)20(24)15-7-2-1-3-8-15;15-10-12-8-4-5-9-14(12)13(16)11-6-2-1-3-7-11;8-7(9)6-4-2-1-3-5-6;8-4-5-6(9)2-1-3-7(5)10;8-5-6-3-1-2-4-7-6;;/h1-3,6-8,10-11,13,16,23H,4-5,9,12,14H2;1-3,6-7,12,15H,4-5,8-10H2;1-5H;1-4,9-10H;6-8H,1-5H2;1H4;1H/t16-;12-;;;6-;;/m00..0../s1. The van der Waals surface area contributed by atoms with Gasteiger partial charge in [0.15, 0.2) is 12.6 Å². The number of amides is 2. The predicted octanol–water partition coefficient (Wildman–Crippen LogP) is 9.11. The van der Waals surface area contributed by atoms with Crippen LogP contribution < -0.4 is 10.1 Å². The molecule has 378 valence electrons. The molecule has 0 radical (unpaired) electrons. The summed E-state index contributed by atoms with van der Waals surface area (Å²) in [5.41, 5.74) is 1.99. The molecule has 3 aliphatic heterocycles. The summed E-state index contributed by atoms with van der Waals surface area (Å²) < 4.78 is 5.78. The maximum atomic E-state index is 12.8. The van der Waals surface area contributed by atoms with Crippen molar-refractivity contribution in [3.8, 4) is 23.0 Å². The summed E-state index contributed by atoms with van der Waals surface area (Å²) >= 11 is 5.16. The first kappa shape index (κ1) is 59.8. The van der Waals surface area contributed by atoms with E-state index in [0.29, 0.717) is 60.8 Å². The highest BCUT2D eigenvalue weighted by molar-refractivity contribution is 6.67. The van der Waals surface area contributed by atoms with Crippen LogP contribution in [0.2, 0.25) is 0 Å². The molecule has 2 amide bonds. The van der Waals surface area contributed by atoms with Crippen molar-refractivity contribution in [2.75, 3.05) is 39.5 Å². The molecule has 16 heteroatoms. The molecule has 3 heterocycles. The quantitative estimate of drug-likeness (QED) is 0.0571. The number of aliphatic hydroxyl groups is 2. The Balaban J connectivity index is 0.000000321. The number of halogens is 2. The second kappa shape index (κ2) is 33.3. The van der Waals surface area contributed by atoms with Gasteiger partial charge in [0.1, 0.15) is 29.6 Å². The molecule has 3 fully saturated rings. The molecule has 6 N–H and O–H groups in total. The Bertz CT molecular complexity index is 2280. The Morgan fingerprint density at radius 2 is 1.01 bits per heavy atom. The number of aromatic hydroxyl groups is 3. The average Bonchev–Trinajstić information content (AvgIpc) is 3.39. The van der Waals surface area contributed by atoms with E-state index in [1.807, 2.05) is 71.6 Å². The second-order valence-electron chi connectivity index (χ2n) is 16.1. The van der Waals surface area contributed by atoms with Crippen LogP contribution in [0, 0.1) is 0 Å². The van der Waals surface area contributed by atoms with Crippen molar-refractivity contribution in [3.63, 3.8) is 0 Å². The van der Waals surface area contributed by atoms with Gasteiger partial charge >= 0.3 is 0 Å². The van der Waals surface area contributed by atoms with Crippen LogP contribution >= 0.6 is 24.0 Å². The Morgan fingerprint density at radius 3 is 1.41 bits per heavy atom. The van der Waals surface area contributed by atoms with Gasteiger partial charge < -0.3 is 45.4 Å². The zero-order valence-corrected chi connectivity index (χ0v) is 40.1. The van der Waals surface area contributed by atoms with Gasteiger partial charge in [-0.05, 0) is 118 Å². The molecule has 3 saturated heterocycles. The number of aldehydes is 2. The van der Waals surface area contributed by atoms with Crippen LogP contribution in [0.25, 0.3) is 0 Å². The lowest BCUT2D eigenvalue weighted by Crippen LogP contribution is -2.46. The van der Waals surface area contributed by atoms with Gasteiger partial charge in [-0.3, -0.25) is 24.0 Å². The fourth-order valence-corrected chi connectivity index (χ4v) is 7.79. The highest BCUT2D eigenvalue weighted by atomic mass is 35.5. The largest absolute Gasteiger partial charge is 0.507 e. The minimum absolute atomic E-state index is 0. The third-order valence-corrected chi connectivity index (χ3v) is 11.7. The average molecular weight is 1010 g/mol. The van der Waals surface area contributed by atoms with Gasteiger partial charge in [0, 0.05) is 35.8 Å². The SMILES string of the molecule is C.Cl.O=C(Cl)c1ccccc1.O=C(c1ccccc1)N1CCCC[C@H]1CO.O=Cc1c(O)cccc1O.O=Cc1c(O)cccc1OC[C@@H]1CCCCN1C(=O)c1ccccc1.OC[C@@H]1CCCCN1. The number of hydrogen-bond acceptors (Lipinski definition) is 12. The molecule has 0 spiro atoms. The highest BCUT2D eigenvalue weighted by Gasteiger charge is 2.29. The highest BCUT2D eigenvalue weighted by Crippen LogP contribution is 2.28. The maximum absolute atomic E-state index is 12.8. The van der Waals surface area contributed by atoms with Crippen molar-refractivity contribution in [2.24, 2.45) is 0 Å². The minimum Gasteiger partial charge on any atom is -0.507 e. The molecule has 0 aromatic heterocycles. The molecular weight excluding hydrogens is 938 g/mol. The molecule has 3 atom stereocenters. The number of nitrogens with one attached hydrogen (secondary N) is 1. The number of rotatable bonds is 10. The number of nitrogens with zero attached hydrogens (tertiary/aromatic N) is 2. The first-order valence-corrected chi connectivity index (χ1v) is 23.2. The van der Waals surface area contributed by atoms with Gasteiger partial charge in [-0.15, -0.1) is 12.4 Å². The van der Waals surface area contributed by atoms with Gasteiger partial charge in [-0.1, -0.05) is 92.7 Å². The summed E-state index contributed by atoms with van der Waals surface area (Å²) in [5, 5.41) is 48.2. The number of carbonyl (C=O) groups excluding carboxylic acids is 5. The number of benzene rings is 5. The van der Waals surface area contributed by atoms with Crippen molar-refractivity contribution in [1.29, 1.82) is 0 Å². The van der Waals surface area contributed by atoms with Crippen LogP contribution in [-0.4, -0.2) is 123 Å². The van der Waals surface area contributed by atoms with Crippen LogP contribution in [-0.2, 0) is 0 Å². The van der Waals surface area contributed by atoms with Crippen molar-refractivity contribution in [3.05, 3.63) is 155 Å². The molecule has 5 aromatic rings. The smallest absolute Gasteiger partial charge is 0.254 e. The second-order valence-corrected chi connectivity index (χ2v) is 16.5. The predicted molar refractivity (Wildman–Crippen MR) is 275 cm³/mol. The van der Waals surface area contributed by atoms with E-state index < -0.39 is 5.24 Å². The van der Waals surface area contributed by atoms with E-state index in [2.05, 4.69) is 5.32 Å². The number of ether oxygens (including phenoxy) is 1. The lowest BCUT2D eigenvalue weighted by atomic mass is 10.0. The van der Waals surface area contributed by atoms with Gasteiger partial charge in [-0.2, -0.15) is 0 Å². The summed E-state index contributed by atoms with van der Waals surface area (Å²) in [6, 6.07) is 36.4. The van der Waals surface area contributed by atoms with Crippen molar-refractivity contribution in [1.82, 2.24) is 15.1 Å². The zero-order valence-electron chi connectivity index (χ0n) is 38.5. The van der Waals surface area contributed by atoms with E-state index in [9.17, 15) is 34.2 Å². The summed E-state index contributed by atoms with van der Waals surface area (Å²) in [6.07, 6.45) is 10.6. The van der Waals surface area contributed by atoms with Gasteiger partial charge in [0.2, 0.25) is 0 Å². The van der Waals surface area contributed by atoms with Crippen LogP contribution in [0.15, 0.2) is 127 Å². The van der Waals surface area contributed by atoms with Crippen molar-refractivity contribution >= 4 is 53.6 Å². The third-order valence-electron chi connectivity index (χ3n) is 11.4. The number of carbonyl (C=O) groups is 5. The first-order valence-electron chi connectivity index (χ1n) is 22.8. The molecule has 70 heavy (non-hydrogen) atoms. The normalized spacial score (nSPS) is 16.8. The fraction of sp³-hybridized carbons (Fsp3) is 0.352. The molecule has 14 nitrogen and oxygen atoms in total. The van der Waals surface area contributed by atoms with Crippen molar-refractivity contribution in [2.45, 2.75) is 83.3 Å². The number of aliphatic hydroxyl groups excluding tert-OH is 2. The molecule has 0 bridgehead atoms. The third kappa shape index (κ3) is 19.2. The summed E-state index contributed by atoms with van der Waals surface area (Å²) in [6.45, 7) is 3.22. The Morgan fingerprint density at radius 1 is 0.571 bits per heavy atom. The number of piperidine rings is 3. The van der Waals surface area contributed by atoms with Crippen LogP contribution in [0.3, 0.4) is 0 Å². The van der Waals surface area contributed by atoms with Gasteiger partial charge in [0.05, 0.1) is 36.4 Å². The monoisotopic (exact) mass is 1000 g/mol. The molecule has 3 aliphatic rings. The molecule has 0 saturated carbocycles. The number of phenols is 3. The van der Waals surface area contributed by atoms with Crippen LogP contribution in [0.4, 0.5) is 0 Å². The van der Waals surface area contributed by atoms with E-state index in [0.717, 1.165) is 58.0 Å². The molecule has 5 aromatic carbocycles. The lowest BCUT2D eigenvalue weighted by Gasteiger charge is -2.35. The van der Waals surface area contributed by atoms with E-state index in [-0.39, 0.29) is 78.7 Å². The van der Waals surface area contributed by atoms with E-state index in [1.54, 1.807) is 41.3 Å². The zero-order chi connectivity index (χ0) is 49.1. The maximum Gasteiger partial charge on any atom is 0.254 e. The lowest BCUT2D eigenvalue weighted by molar-refractivity contribution is 0.0502. The van der Waals surface area contributed by atoms with E-state index in [4.69, 9.17) is 31.7 Å². The number of phenolic OH excluding ortho intramolecular Hbond substituents is 3. The summed E-state index contributed by atoms with van der Waals surface area (Å²) in [7, 11) is 0. The Hall–Kier alpha value is -6.29. The Kier molecular flexibility index (Phi) is 28.4. The van der Waals surface area contributed by atoms with E-state index >= 15 is 0 Å². The fourth-order valence-electron chi connectivity index (χ4n) is 7.67. The Labute approximate surface area is 422 Å². The summed E-state index contributed by atoms with van der Waals surface area (Å²) in [4.78, 5) is 60.3. The number of hydrogen-bond donors (Lipinski definition) is 6. The molecular formula is C54H67Cl2N3O11. The molecule has 0 aliphatic carbocycles. The topological polar surface area (TPSA) is 214 Å². The van der Waals surface area contributed by atoms with Crippen molar-refractivity contribution < 1.29 is 54.2 Å². The van der Waals surface area contributed by atoms with Gasteiger partial charge in [-0.25, -0.2) is 0 Å².